The predicted molar refractivity (Wildman–Crippen MR) is 66.2 cm³/mol. The Morgan fingerprint density at radius 3 is 2.39 bits per heavy atom. The Morgan fingerprint density at radius 2 is 1.89 bits per heavy atom. The number of amides is 1. The second kappa shape index (κ2) is 6.05. The van der Waals surface area contributed by atoms with E-state index in [9.17, 15) is 9.59 Å². The first-order chi connectivity index (χ1) is 8.40. The highest BCUT2D eigenvalue weighted by Crippen LogP contribution is 2.12. The number of rotatable bonds is 4. The molecule has 1 amide bonds. The van der Waals surface area contributed by atoms with Gasteiger partial charge >= 0.3 is 6.09 Å². The molecule has 0 unspecified atom stereocenters. The van der Waals surface area contributed by atoms with Crippen molar-refractivity contribution < 1.29 is 19.1 Å². The Kier molecular flexibility index (Phi) is 4.71. The van der Waals surface area contributed by atoms with Crippen LogP contribution in [0.3, 0.4) is 0 Å². The van der Waals surface area contributed by atoms with Crippen LogP contribution in [0.5, 0.6) is 5.75 Å². The van der Waals surface area contributed by atoms with Crippen molar-refractivity contribution in [1.29, 1.82) is 0 Å². The van der Waals surface area contributed by atoms with Crippen LogP contribution in [-0.4, -0.2) is 18.1 Å². The molecule has 0 aliphatic carbocycles. The third kappa shape index (κ3) is 5.34. The van der Waals surface area contributed by atoms with E-state index in [1.165, 1.54) is 0 Å². The number of alkyl carbamates (subject to hydrolysis) is 1. The summed E-state index contributed by atoms with van der Waals surface area (Å²) in [5.74, 6) is 0.452. The summed E-state index contributed by atoms with van der Waals surface area (Å²) in [5, 5.41) is 2.69. The number of benzene rings is 1. The van der Waals surface area contributed by atoms with Gasteiger partial charge in [0.1, 0.15) is 12.4 Å². The fraction of sp³-hybridized carbons (Fsp3) is 0.385. The number of nitrogens with one attached hydrogen (secondary N) is 1. The van der Waals surface area contributed by atoms with Crippen molar-refractivity contribution in [2.24, 2.45) is 0 Å². The van der Waals surface area contributed by atoms with E-state index in [1.54, 1.807) is 24.3 Å². The largest absolute Gasteiger partial charge is 0.445 e. The summed E-state index contributed by atoms with van der Waals surface area (Å²) < 4.78 is 9.70. The SMILES string of the molecule is CC(C)(C)NC(=O)OCc1ccc(OC=O)cc1. The lowest BCUT2D eigenvalue weighted by Crippen LogP contribution is -2.40. The molecule has 1 aromatic carbocycles. The maximum absolute atomic E-state index is 11.4. The van der Waals surface area contributed by atoms with Crippen LogP contribution < -0.4 is 10.1 Å². The fourth-order valence-corrected chi connectivity index (χ4v) is 1.21. The molecule has 0 bridgehead atoms. The van der Waals surface area contributed by atoms with E-state index in [1.807, 2.05) is 20.8 Å². The Morgan fingerprint density at radius 1 is 1.28 bits per heavy atom. The van der Waals surface area contributed by atoms with Gasteiger partial charge in [0.05, 0.1) is 0 Å². The van der Waals surface area contributed by atoms with Crippen molar-refractivity contribution in [2.75, 3.05) is 0 Å². The van der Waals surface area contributed by atoms with E-state index in [2.05, 4.69) is 10.1 Å². The second-order valence-electron chi connectivity index (χ2n) is 4.81. The van der Waals surface area contributed by atoms with Crippen molar-refractivity contribution in [2.45, 2.75) is 32.9 Å². The van der Waals surface area contributed by atoms with Crippen LogP contribution in [0, 0.1) is 0 Å². The maximum atomic E-state index is 11.4. The van der Waals surface area contributed by atoms with Crippen LogP contribution in [-0.2, 0) is 16.1 Å². The number of hydrogen-bond acceptors (Lipinski definition) is 4. The quantitative estimate of drug-likeness (QED) is 0.833. The van der Waals surface area contributed by atoms with E-state index in [0.29, 0.717) is 12.2 Å². The van der Waals surface area contributed by atoms with Gasteiger partial charge in [0.25, 0.3) is 6.47 Å². The lowest BCUT2D eigenvalue weighted by Gasteiger charge is -2.19. The van der Waals surface area contributed by atoms with Crippen molar-refractivity contribution in [1.82, 2.24) is 5.32 Å². The molecule has 5 heteroatoms. The fourth-order valence-electron chi connectivity index (χ4n) is 1.21. The van der Waals surface area contributed by atoms with Gasteiger partial charge in [0, 0.05) is 5.54 Å². The molecule has 0 aliphatic heterocycles. The van der Waals surface area contributed by atoms with E-state index < -0.39 is 6.09 Å². The first kappa shape index (κ1) is 14.0. The molecular weight excluding hydrogens is 234 g/mol. The maximum Gasteiger partial charge on any atom is 0.407 e. The highest BCUT2D eigenvalue weighted by atomic mass is 16.5. The first-order valence-corrected chi connectivity index (χ1v) is 5.55. The van der Waals surface area contributed by atoms with Crippen LogP contribution in [0.25, 0.3) is 0 Å². The van der Waals surface area contributed by atoms with E-state index in [-0.39, 0.29) is 12.1 Å². The molecule has 0 fully saturated rings. The van der Waals surface area contributed by atoms with Gasteiger partial charge in [-0.25, -0.2) is 4.79 Å². The summed E-state index contributed by atoms with van der Waals surface area (Å²) in [6, 6.07) is 6.72. The van der Waals surface area contributed by atoms with Crippen molar-refractivity contribution in [3.8, 4) is 5.75 Å². The molecule has 1 N–H and O–H groups in total. The Balaban J connectivity index is 2.43. The van der Waals surface area contributed by atoms with Crippen LogP contribution >= 0.6 is 0 Å². The van der Waals surface area contributed by atoms with E-state index in [0.717, 1.165) is 5.56 Å². The lowest BCUT2D eigenvalue weighted by atomic mass is 10.1. The van der Waals surface area contributed by atoms with Gasteiger partial charge in [-0.3, -0.25) is 4.79 Å². The van der Waals surface area contributed by atoms with Crippen LogP contribution in [0.15, 0.2) is 24.3 Å². The van der Waals surface area contributed by atoms with Crippen molar-refractivity contribution >= 4 is 12.6 Å². The minimum Gasteiger partial charge on any atom is -0.445 e. The Bertz CT molecular complexity index is 406. The van der Waals surface area contributed by atoms with Gasteiger partial charge in [-0.15, -0.1) is 0 Å². The Hall–Kier alpha value is -2.04. The summed E-state index contributed by atoms with van der Waals surface area (Å²) in [4.78, 5) is 21.5. The molecule has 0 saturated heterocycles. The molecule has 0 saturated carbocycles. The zero-order valence-corrected chi connectivity index (χ0v) is 10.7. The van der Waals surface area contributed by atoms with Crippen LogP contribution in [0.2, 0.25) is 0 Å². The Labute approximate surface area is 106 Å². The molecule has 5 nitrogen and oxygen atoms in total. The predicted octanol–water partition coefficient (Wildman–Crippen LogP) is 2.25. The molecule has 0 atom stereocenters. The zero-order chi connectivity index (χ0) is 13.6. The topological polar surface area (TPSA) is 64.6 Å². The zero-order valence-electron chi connectivity index (χ0n) is 10.7. The van der Waals surface area contributed by atoms with Gasteiger partial charge in [-0.2, -0.15) is 0 Å². The minimum absolute atomic E-state index is 0.170. The van der Waals surface area contributed by atoms with Crippen molar-refractivity contribution in [3.05, 3.63) is 29.8 Å². The van der Waals surface area contributed by atoms with Gasteiger partial charge < -0.3 is 14.8 Å². The second-order valence-corrected chi connectivity index (χ2v) is 4.81. The third-order valence-electron chi connectivity index (χ3n) is 1.95. The van der Waals surface area contributed by atoms with Crippen LogP contribution in [0.1, 0.15) is 26.3 Å². The number of carbonyl (C=O) groups excluding carboxylic acids is 2. The molecule has 1 rings (SSSR count). The lowest BCUT2D eigenvalue weighted by molar-refractivity contribution is -0.120. The van der Waals surface area contributed by atoms with Crippen molar-refractivity contribution in [3.63, 3.8) is 0 Å². The summed E-state index contributed by atoms with van der Waals surface area (Å²) in [7, 11) is 0. The molecule has 1 aromatic rings. The van der Waals surface area contributed by atoms with Gasteiger partial charge in [0.2, 0.25) is 0 Å². The number of hydrogen-bond donors (Lipinski definition) is 1. The van der Waals surface area contributed by atoms with Gasteiger partial charge in [-0.1, -0.05) is 12.1 Å². The summed E-state index contributed by atoms with van der Waals surface area (Å²) >= 11 is 0. The molecule has 0 aromatic heterocycles. The highest BCUT2D eigenvalue weighted by molar-refractivity contribution is 5.68. The molecule has 0 aliphatic rings. The molecular formula is C13H17NO4. The third-order valence-corrected chi connectivity index (χ3v) is 1.95. The average Bonchev–Trinajstić information content (AvgIpc) is 2.26. The van der Waals surface area contributed by atoms with Gasteiger partial charge in [0.15, 0.2) is 0 Å². The van der Waals surface area contributed by atoms with Gasteiger partial charge in [-0.05, 0) is 38.5 Å². The summed E-state index contributed by atoms with van der Waals surface area (Å²) in [5.41, 5.74) is 0.496. The first-order valence-electron chi connectivity index (χ1n) is 5.55. The molecule has 0 spiro atoms. The summed E-state index contributed by atoms with van der Waals surface area (Å²) in [6.07, 6.45) is -0.462. The number of carbonyl (C=O) groups is 2. The summed E-state index contributed by atoms with van der Waals surface area (Å²) in [6.45, 7) is 6.16. The van der Waals surface area contributed by atoms with E-state index >= 15 is 0 Å². The minimum atomic E-state index is -0.462. The highest BCUT2D eigenvalue weighted by Gasteiger charge is 2.14. The molecule has 98 valence electrons. The van der Waals surface area contributed by atoms with Crippen LogP contribution in [0.4, 0.5) is 4.79 Å². The smallest absolute Gasteiger partial charge is 0.407 e. The average molecular weight is 251 g/mol. The standard InChI is InChI=1S/C13H17NO4/c1-13(2,3)14-12(16)17-8-10-4-6-11(7-5-10)18-9-15/h4-7,9H,8H2,1-3H3,(H,14,16). The molecule has 0 radical (unpaired) electrons. The van der Waals surface area contributed by atoms with E-state index in [4.69, 9.17) is 4.74 Å². The normalized spacial score (nSPS) is 10.6. The molecule has 0 heterocycles. The molecule has 18 heavy (non-hydrogen) atoms. The number of ether oxygens (including phenoxy) is 2. The monoisotopic (exact) mass is 251 g/mol.